The molecule has 1 heterocycles. The number of Topliss-reactive ketones (excluding diaryl/α,β-unsaturated/α-hetero) is 1. The van der Waals surface area contributed by atoms with Crippen molar-refractivity contribution < 1.29 is 33.3 Å². The zero-order chi connectivity index (χ0) is 27.4. The van der Waals surface area contributed by atoms with Crippen molar-refractivity contribution in [3.05, 3.63) is 74.5 Å². The minimum Gasteiger partial charge on any atom is -0.496 e. The number of allylic oxidation sites excluding steroid dienone is 3. The molecule has 1 aliphatic heterocycles. The first kappa shape index (κ1) is 27.7. The van der Waals surface area contributed by atoms with Crippen LogP contribution in [0.15, 0.2) is 63.4 Å². The van der Waals surface area contributed by atoms with Crippen molar-refractivity contribution in [3.63, 3.8) is 0 Å². The Morgan fingerprint density at radius 3 is 2.34 bits per heavy atom. The molecule has 0 spiro atoms. The molecule has 0 aromatic heterocycles. The van der Waals surface area contributed by atoms with E-state index in [1.165, 1.54) is 0 Å². The Balaban J connectivity index is 1.79. The number of halogens is 1. The molecule has 2 aliphatic rings. The second kappa shape index (κ2) is 12.0. The molecule has 0 saturated heterocycles. The predicted octanol–water partition coefficient (Wildman–Crippen LogP) is 5.03. The van der Waals surface area contributed by atoms with E-state index in [-0.39, 0.29) is 31.3 Å². The normalized spacial score (nSPS) is 19.1. The van der Waals surface area contributed by atoms with Gasteiger partial charge >= 0.3 is 5.97 Å². The molecule has 38 heavy (non-hydrogen) atoms. The number of nitrogens with one attached hydrogen (secondary N) is 1. The summed E-state index contributed by atoms with van der Waals surface area (Å²) in [6, 6.07) is 11.3. The molecule has 2 aromatic rings. The third-order valence-electron chi connectivity index (χ3n) is 6.95. The van der Waals surface area contributed by atoms with Crippen LogP contribution in [0.5, 0.6) is 17.2 Å². The van der Waals surface area contributed by atoms with E-state index in [1.807, 2.05) is 43.3 Å². The molecule has 4 rings (SSSR count). The summed E-state index contributed by atoms with van der Waals surface area (Å²) in [5.41, 5.74) is 4.06. The highest BCUT2D eigenvalue weighted by Crippen LogP contribution is 2.48. The summed E-state index contributed by atoms with van der Waals surface area (Å²) in [4.78, 5) is 27.3. The highest BCUT2D eigenvalue weighted by molar-refractivity contribution is 9.10. The molecule has 0 saturated carbocycles. The Morgan fingerprint density at radius 2 is 1.66 bits per heavy atom. The van der Waals surface area contributed by atoms with Crippen LogP contribution in [-0.2, 0) is 19.1 Å². The van der Waals surface area contributed by atoms with E-state index < -0.39 is 11.9 Å². The quantitative estimate of drug-likeness (QED) is 0.324. The van der Waals surface area contributed by atoms with Gasteiger partial charge in [-0.15, -0.1) is 0 Å². The molecule has 202 valence electrons. The number of hydrogen-bond acceptors (Lipinski definition) is 8. The van der Waals surface area contributed by atoms with Crippen molar-refractivity contribution in [2.75, 3.05) is 41.7 Å². The van der Waals surface area contributed by atoms with Gasteiger partial charge < -0.3 is 29.0 Å². The van der Waals surface area contributed by atoms with E-state index in [9.17, 15) is 9.59 Å². The Hall–Kier alpha value is -3.30. The van der Waals surface area contributed by atoms with Crippen LogP contribution in [0.3, 0.4) is 0 Å². The van der Waals surface area contributed by atoms with Gasteiger partial charge in [-0.05, 0) is 55.2 Å². The van der Waals surface area contributed by atoms with Crippen molar-refractivity contribution >= 4 is 27.7 Å². The number of hydrogen-bond donors (Lipinski definition) is 1. The van der Waals surface area contributed by atoms with Gasteiger partial charge in [0, 0.05) is 40.5 Å². The van der Waals surface area contributed by atoms with E-state index in [4.69, 9.17) is 23.7 Å². The van der Waals surface area contributed by atoms with Gasteiger partial charge in [0.15, 0.2) is 17.3 Å². The fraction of sp³-hybridized carbons (Fsp3) is 0.379. The van der Waals surface area contributed by atoms with Crippen molar-refractivity contribution in [1.29, 1.82) is 0 Å². The SMILES string of the molecule is COCCOC(=O)C1=C(C)NC2=C(C(=O)CC(c3ccc(OC)c(OC)c3)C2)C1c1cc(Br)ccc1OC. The van der Waals surface area contributed by atoms with Gasteiger partial charge in [0.05, 0.1) is 39.4 Å². The average Bonchev–Trinajstić information content (AvgIpc) is 2.91. The lowest BCUT2D eigenvalue weighted by Gasteiger charge is -2.37. The second-order valence-corrected chi connectivity index (χ2v) is 10.1. The number of ketones is 1. The van der Waals surface area contributed by atoms with Gasteiger partial charge in [-0.1, -0.05) is 22.0 Å². The minimum absolute atomic E-state index is 0.0414. The Bertz CT molecular complexity index is 1300. The van der Waals surface area contributed by atoms with E-state index in [0.717, 1.165) is 15.7 Å². The molecular formula is C29H32BrNO7. The highest BCUT2D eigenvalue weighted by Gasteiger charge is 2.42. The fourth-order valence-electron chi connectivity index (χ4n) is 5.19. The lowest BCUT2D eigenvalue weighted by atomic mass is 9.71. The summed E-state index contributed by atoms with van der Waals surface area (Å²) in [5, 5.41) is 3.37. The van der Waals surface area contributed by atoms with Crippen LogP contribution in [0.2, 0.25) is 0 Å². The van der Waals surface area contributed by atoms with E-state index in [1.54, 1.807) is 28.4 Å². The van der Waals surface area contributed by atoms with Gasteiger partial charge in [0.25, 0.3) is 0 Å². The molecule has 1 aliphatic carbocycles. The maximum atomic E-state index is 13.9. The summed E-state index contributed by atoms with van der Waals surface area (Å²) in [6.45, 7) is 2.21. The number of ether oxygens (including phenoxy) is 5. The lowest BCUT2D eigenvalue weighted by Crippen LogP contribution is -2.36. The predicted molar refractivity (Wildman–Crippen MR) is 146 cm³/mol. The first-order chi connectivity index (χ1) is 18.3. The number of rotatable bonds is 9. The third-order valence-corrected chi connectivity index (χ3v) is 7.44. The first-order valence-corrected chi connectivity index (χ1v) is 13.1. The van der Waals surface area contributed by atoms with Crippen LogP contribution in [-0.4, -0.2) is 53.4 Å². The minimum atomic E-state index is -0.646. The van der Waals surface area contributed by atoms with Crippen LogP contribution >= 0.6 is 15.9 Å². The number of benzene rings is 2. The zero-order valence-electron chi connectivity index (χ0n) is 22.2. The average molecular weight is 586 g/mol. The summed E-state index contributed by atoms with van der Waals surface area (Å²) >= 11 is 3.54. The number of dihydropyridines is 1. The smallest absolute Gasteiger partial charge is 0.336 e. The van der Waals surface area contributed by atoms with Crippen LogP contribution < -0.4 is 19.5 Å². The number of esters is 1. The van der Waals surface area contributed by atoms with Crippen LogP contribution in [0.4, 0.5) is 0 Å². The van der Waals surface area contributed by atoms with E-state index >= 15 is 0 Å². The molecule has 2 aromatic carbocycles. The van der Waals surface area contributed by atoms with Crippen molar-refractivity contribution in [2.45, 2.75) is 31.6 Å². The maximum Gasteiger partial charge on any atom is 0.336 e. The van der Waals surface area contributed by atoms with Crippen molar-refractivity contribution in [1.82, 2.24) is 5.32 Å². The number of carbonyl (C=O) groups excluding carboxylic acids is 2. The molecule has 8 nitrogen and oxygen atoms in total. The molecule has 1 N–H and O–H groups in total. The fourth-order valence-corrected chi connectivity index (χ4v) is 5.57. The van der Waals surface area contributed by atoms with E-state index in [0.29, 0.717) is 46.1 Å². The summed E-state index contributed by atoms with van der Waals surface area (Å²) in [6.07, 6.45) is 0.876. The molecular weight excluding hydrogens is 554 g/mol. The van der Waals surface area contributed by atoms with Crippen molar-refractivity contribution in [3.8, 4) is 17.2 Å². The van der Waals surface area contributed by atoms with Gasteiger partial charge in [0.1, 0.15) is 12.4 Å². The second-order valence-electron chi connectivity index (χ2n) is 9.15. The monoisotopic (exact) mass is 585 g/mol. The zero-order valence-corrected chi connectivity index (χ0v) is 23.8. The largest absolute Gasteiger partial charge is 0.496 e. The summed E-state index contributed by atoms with van der Waals surface area (Å²) in [7, 11) is 6.30. The Kier molecular flexibility index (Phi) is 8.79. The van der Waals surface area contributed by atoms with Crippen LogP contribution in [0, 0.1) is 0 Å². The molecule has 0 fully saturated rings. The van der Waals surface area contributed by atoms with Crippen LogP contribution in [0.25, 0.3) is 0 Å². The molecule has 0 radical (unpaired) electrons. The lowest BCUT2D eigenvalue weighted by molar-refractivity contribution is -0.140. The highest BCUT2D eigenvalue weighted by atomic mass is 79.9. The molecule has 0 bridgehead atoms. The van der Waals surface area contributed by atoms with Gasteiger partial charge in [0.2, 0.25) is 0 Å². The maximum absolute atomic E-state index is 13.9. The Morgan fingerprint density at radius 1 is 0.947 bits per heavy atom. The Labute approximate surface area is 231 Å². The van der Waals surface area contributed by atoms with Gasteiger partial charge in [-0.25, -0.2) is 4.79 Å². The molecule has 9 heteroatoms. The molecule has 2 atom stereocenters. The van der Waals surface area contributed by atoms with Crippen LogP contribution in [0.1, 0.15) is 42.7 Å². The standard InChI is InChI=1S/C29H32BrNO7/c1-16-26(29(33)38-11-10-34-2)27(20-15-19(30)7-9-23(20)35-3)28-21(31-16)12-18(13-22(28)32)17-6-8-24(36-4)25(14-17)37-5/h6-9,14-15,18,27,31H,10-13H2,1-5H3. The third kappa shape index (κ3) is 5.44. The van der Waals surface area contributed by atoms with Gasteiger partial charge in [-0.2, -0.15) is 0 Å². The number of carbonyl (C=O) groups is 2. The van der Waals surface area contributed by atoms with E-state index in [2.05, 4.69) is 21.2 Å². The molecule has 2 unspecified atom stereocenters. The summed E-state index contributed by atoms with van der Waals surface area (Å²) < 4.78 is 27.9. The number of methoxy groups -OCH3 is 4. The van der Waals surface area contributed by atoms with Gasteiger partial charge in [-0.3, -0.25) is 4.79 Å². The molecule has 0 amide bonds. The van der Waals surface area contributed by atoms with Crippen molar-refractivity contribution in [2.24, 2.45) is 0 Å². The topological polar surface area (TPSA) is 92.3 Å². The first-order valence-electron chi connectivity index (χ1n) is 12.3. The summed E-state index contributed by atoms with van der Waals surface area (Å²) in [5.74, 6) is 0.570.